The normalized spacial score (nSPS) is 20.4. The summed E-state index contributed by atoms with van der Waals surface area (Å²) in [6, 6.07) is 6.19. The van der Waals surface area contributed by atoms with E-state index in [0.29, 0.717) is 6.54 Å². The average molecular weight is 373 g/mol. The Morgan fingerprint density at radius 2 is 2.04 bits per heavy atom. The van der Waals surface area contributed by atoms with Crippen LogP contribution >= 0.6 is 11.6 Å². The van der Waals surface area contributed by atoms with Gasteiger partial charge >= 0.3 is 0 Å². The van der Waals surface area contributed by atoms with Gasteiger partial charge in [-0.3, -0.25) is 4.79 Å². The standard InChI is InChI=1S/C22H29ClN2O/c1-2-6-16-7-9-18-19-10-8-17(23)14-21(19)25(20(18)13-16)15-22(26)24-11-4-3-5-12-24/h8,10,14,16H,2-7,9,11-13,15H2,1H3. The van der Waals surface area contributed by atoms with E-state index < -0.39 is 0 Å². The third kappa shape index (κ3) is 3.38. The van der Waals surface area contributed by atoms with Crippen LogP contribution in [0.15, 0.2) is 18.2 Å². The molecule has 0 radical (unpaired) electrons. The maximum Gasteiger partial charge on any atom is 0.242 e. The van der Waals surface area contributed by atoms with Crippen LogP contribution in [0.4, 0.5) is 0 Å². The molecule has 1 saturated heterocycles. The van der Waals surface area contributed by atoms with Crippen LogP contribution < -0.4 is 0 Å². The first-order valence-electron chi connectivity index (χ1n) is 10.2. The zero-order valence-electron chi connectivity index (χ0n) is 15.8. The summed E-state index contributed by atoms with van der Waals surface area (Å²) in [6.45, 7) is 4.56. The number of hydrogen-bond acceptors (Lipinski definition) is 1. The van der Waals surface area contributed by atoms with Gasteiger partial charge in [0.25, 0.3) is 0 Å². The Hall–Kier alpha value is -1.48. The third-order valence-corrected chi connectivity index (χ3v) is 6.47. The van der Waals surface area contributed by atoms with E-state index in [9.17, 15) is 4.79 Å². The zero-order valence-corrected chi connectivity index (χ0v) is 16.5. The number of rotatable bonds is 4. The molecular weight excluding hydrogens is 344 g/mol. The lowest BCUT2D eigenvalue weighted by Crippen LogP contribution is -2.38. The van der Waals surface area contributed by atoms with E-state index in [1.165, 1.54) is 42.3 Å². The molecule has 1 unspecified atom stereocenters. The molecular formula is C22H29ClN2O. The van der Waals surface area contributed by atoms with Crippen LogP contribution in [0.2, 0.25) is 5.02 Å². The van der Waals surface area contributed by atoms with Crippen LogP contribution in [0.5, 0.6) is 0 Å². The molecule has 0 spiro atoms. The van der Waals surface area contributed by atoms with Crippen LogP contribution in [-0.2, 0) is 24.2 Å². The highest BCUT2D eigenvalue weighted by molar-refractivity contribution is 6.31. The largest absolute Gasteiger partial charge is 0.341 e. The smallest absolute Gasteiger partial charge is 0.242 e. The van der Waals surface area contributed by atoms with E-state index in [4.69, 9.17) is 11.6 Å². The minimum atomic E-state index is 0.266. The van der Waals surface area contributed by atoms with Crippen molar-refractivity contribution in [2.75, 3.05) is 13.1 Å². The molecule has 0 saturated carbocycles. The number of aryl methyl sites for hydroxylation is 1. The van der Waals surface area contributed by atoms with Crippen LogP contribution in [0.25, 0.3) is 10.9 Å². The van der Waals surface area contributed by atoms with Gasteiger partial charge in [0.2, 0.25) is 5.91 Å². The molecule has 1 amide bonds. The number of aromatic nitrogens is 1. The van der Waals surface area contributed by atoms with Gasteiger partial charge in [0, 0.05) is 29.2 Å². The Morgan fingerprint density at radius 3 is 2.81 bits per heavy atom. The van der Waals surface area contributed by atoms with Gasteiger partial charge in [-0.1, -0.05) is 37.4 Å². The predicted molar refractivity (Wildman–Crippen MR) is 108 cm³/mol. The summed E-state index contributed by atoms with van der Waals surface area (Å²) in [6.07, 6.45) is 9.54. The van der Waals surface area contributed by atoms with Crippen molar-refractivity contribution in [3.8, 4) is 0 Å². The highest BCUT2D eigenvalue weighted by Gasteiger charge is 2.27. The fourth-order valence-corrected chi connectivity index (χ4v) is 5.06. The number of amides is 1. The molecule has 1 aliphatic carbocycles. The van der Waals surface area contributed by atoms with E-state index in [1.54, 1.807) is 0 Å². The van der Waals surface area contributed by atoms with Crippen molar-refractivity contribution < 1.29 is 4.79 Å². The average Bonchev–Trinajstić information content (AvgIpc) is 2.95. The summed E-state index contributed by atoms with van der Waals surface area (Å²) in [7, 11) is 0. The highest BCUT2D eigenvalue weighted by atomic mass is 35.5. The van der Waals surface area contributed by atoms with Crippen molar-refractivity contribution in [3.63, 3.8) is 0 Å². The number of piperidine rings is 1. The summed E-state index contributed by atoms with van der Waals surface area (Å²) < 4.78 is 2.29. The first-order chi connectivity index (χ1) is 12.7. The lowest BCUT2D eigenvalue weighted by Gasteiger charge is -2.28. The van der Waals surface area contributed by atoms with E-state index >= 15 is 0 Å². The van der Waals surface area contributed by atoms with E-state index in [0.717, 1.165) is 55.2 Å². The summed E-state index contributed by atoms with van der Waals surface area (Å²) in [5, 5.41) is 2.05. The maximum absolute atomic E-state index is 13.0. The van der Waals surface area contributed by atoms with Crippen molar-refractivity contribution in [1.82, 2.24) is 9.47 Å². The van der Waals surface area contributed by atoms with Crippen molar-refractivity contribution in [3.05, 3.63) is 34.5 Å². The Morgan fingerprint density at radius 1 is 1.23 bits per heavy atom. The first kappa shape index (κ1) is 17.9. The number of likely N-dealkylation sites (tertiary alicyclic amines) is 1. The SMILES string of the molecule is CCCC1CCc2c(n(CC(=O)N3CCCCC3)c3cc(Cl)ccc23)C1. The molecule has 4 heteroatoms. The van der Waals surface area contributed by atoms with Crippen molar-refractivity contribution in [2.24, 2.45) is 5.92 Å². The molecule has 0 bridgehead atoms. The van der Waals surface area contributed by atoms with Gasteiger partial charge in [0.05, 0.1) is 5.52 Å². The molecule has 3 nitrogen and oxygen atoms in total. The molecule has 1 aromatic heterocycles. The molecule has 2 aromatic rings. The minimum absolute atomic E-state index is 0.266. The van der Waals surface area contributed by atoms with E-state index in [2.05, 4.69) is 22.5 Å². The molecule has 1 atom stereocenters. The fraction of sp³-hybridized carbons (Fsp3) is 0.591. The summed E-state index contributed by atoms with van der Waals surface area (Å²) in [5.74, 6) is 1.01. The van der Waals surface area contributed by atoms with Crippen molar-refractivity contribution in [1.29, 1.82) is 0 Å². The number of nitrogens with zero attached hydrogens (tertiary/aromatic N) is 2. The molecule has 1 aliphatic heterocycles. The number of carbonyl (C=O) groups excluding carboxylic acids is 1. The molecule has 4 rings (SSSR count). The highest BCUT2D eigenvalue weighted by Crippen LogP contribution is 2.36. The molecule has 0 N–H and O–H groups in total. The predicted octanol–water partition coefficient (Wildman–Crippen LogP) is 5.21. The van der Waals surface area contributed by atoms with Crippen LogP contribution in [0.3, 0.4) is 0 Å². The van der Waals surface area contributed by atoms with Crippen molar-refractivity contribution in [2.45, 2.75) is 64.8 Å². The topological polar surface area (TPSA) is 25.2 Å². The van der Waals surface area contributed by atoms with Gasteiger partial charge in [-0.05, 0) is 62.1 Å². The van der Waals surface area contributed by atoms with Gasteiger partial charge in [0.1, 0.15) is 6.54 Å². The quantitative estimate of drug-likeness (QED) is 0.722. The van der Waals surface area contributed by atoms with E-state index in [1.807, 2.05) is 12.1 Å². The second-order valence-electron chi connectivity index (χ2n) is 8.01. The van der Waals surface area contributed by atoms with Gasteiger partial charge in [-0.15, -0.1) is 0 Å². The fourth-order valence-electron chi connectivity index (χ4n) is 4.90. The number of halogens is 1. The molecule has 2 aliphatic rings. The second kappa shape index (κ2) is 7.64. The Labute approximate surface area is 161 Å². The molecule has 1 aromatic carbocycles. The van der Waals surface area contributed by atoms with Crippen LogP contribution in [-0.4, -0.2) is 28.5 Å². The summed E-state index contributed by atoms with van der Waals surface area (Å²) in [5.41, 5.74) is 3.98. The molecule has 26 heavy (non-hydrogen) atoms. The Bertz CT molecular complexity index is 804. The van der Waals surface area contributed by atoms with Crippen LogP contribution in [0, 0.1) is 5.92 Å². The molecule has 140 valence electrons. The summed E-state index contributed by atoms with van der Waals surface area (Å²) in [4.78, 5) is 15.0. The minimum Gasteiger partial charge on any atom is -0.341 e. The maximum atomic E-state index is 13.0. The van der Waals surface area contributed by atoms with Gasteiger partial charge in [-0.2, -0.15) is 0 Å². The zero-order chi connectivity index (χ0) is 18.1. The Kier molecular flexibility index (Phi) is 5.26. The number of fused-ring (bicyclic) bond motifs is 3. The first-order valence-corrected chi connectivity index (χ1v) is 10.6. The number of hydrogen-bond donors (Lipinski definition) is 0. The van der Waals surface area contributed by atoms with Gasteiger partial charge in [0.15, 0.2) is 0 Å². The van der Waals surface area contributed by atoms with Crippen LogP contribution in [0.1, 0.15) is 56.7 Å². The molecule has 1 fully saturated rings. The molecule has 2 heterocycles. The second-order valence-corrected chi connectivity index (χ2v) is 8.45. The lowest BCUT2D eigenvalue weighted by molar-refractivity contribution is -0.132. The van der Waals surface area contributed by atoms with Crippen molar-refractivity contribution >= 4 is 28.4 Å². The number of carbonyl (C=O) groups is 1. The monoisotopic (exact) mass is 372 g/mol. The third-order valence-electron chi connectivity index (χ3n) is 6.23. The van der Waals surface area contributed by atoms with E-state index in [-0.39, 0.29) is 5.91 Å². The number of benzene rings is 1. The Balaban J connectivity index is 1.71. The van der Waals surface area contributed by atoms with Gasteiger partial charge < -0.3 is 9.47 Å². The summed E-state index contributed by atoms with van der Waals surface area (Å²) >= 11 is 6.31. The van der Waals surface area contributed by atoms with Gasteiger partial charge in [-0.25, -0.2) is 0 Å². The lowest BCUT2D eigenvalue weighted by atomic mass is 9.84.